The number of nitrogen functional groups attached to an aromatic ring is 1. The molecule has 1 aliphatic rings. The number of nitrogens with two attached hydrogens (primary N) is 2. The van der Waals surface area contributed by atoms with Gasteiger partial charge >= 0.3 is 0 Å². The molecule has 1 unspecified atom stereocenters. The van der Waals surface area contributed by atoms with Crippen molar-refractivity contribution in [2.24, 2.45) is 11.6 Å². The lowest BCUT2D eigenvalue weighted by molar-refractivity contribution is -0.119. The van der Waals surface area contributed by atoms with Crippen LogP contribution in [-0.4, -0.2) is 28.5 Å². The van der Waals surface area contributed by atoms with E-state index in [9.17, 15) is 4.79 Å². The maximum atomic E-state index is 11.3. The summed E-state index contributed by atoms with van der Waals surface area (Å²) < 4.78 is 0. The Kier molecular flexibility index (Phi) is 3.30. The fourth-order valence-electron chi connectivity index (χ4n) is 1.95. The third-order valence-corrected chi connectivity index (χ3v) is 2.97. The average molecular weight is 257 g/mol. The molecule has 5 N–H and O–H groups in total. The third-order valence-electron chi connectivity index (χ3n) is 2.71. The zero-order chi connectivity index (χ0) is 12.4. The maximum Gasteiger partial charge on any atom is 0.240 e. The zero-order valence-corrected chi connectivity index (χ0v) is 9.81. The molecule has 2 heterocycles. The Morgan fingerprint density at radius 2 is 2.41 bits per heavy atom. The standard InChI is InChI=1S/C9H13ClN6O/c10-5-4-13-9(15-12)14-8(5)16-3-1-2-6(16)7(11)17/h4,6H,1-3,12H2,(H2,11,17)(H,13,14,15). The Balaban J connectivity index is 2.35. The number of primary amides is 1. The summed E-state index contributed by atoms with van der Waals surface area (Å²) in [7, 11) is 0. The summed E-state index contributed by atoms with van der Waals surface area (Å²) in [5.74, 6) is 5.59. The minimum atomic E-state index is -0.376. The lowest BCUT2D eigenvalue weighted by Gasteiger charge is -2.24. The molecule has 1 aromatic rings. The highest BCUT2D eigenvalue weighted by atomic mass is 35.5. The van der Waals surface area contributed by atoms with E-state index in [-0.39, 0.29) is 17.9 Å². The lowest BCUT2D eigenvalue weighted by Crippen LogP contribution is -2.41. The highest BCUT2D eigenvalue weighted by Gasteiger charge is 2.31. The van der Waals surface area contributed by atoms with Crippen LogP contribution < -0.4 is 21.9 Å². The number of nitrogens with zero attached hydrogens (tertiary/aromatic N) is 3. The number of anilines is 2. The van der Waals surface area contributed by atoms with Crippen LogP contribution in [0.15, 0.2) is 6.20 Å². The van der Waals surface area contributed by atoms with Gasteiger partial charge in [0.1, 0.15) is 11.1 Å². The molecule has 2 rings (SSSR count). The van der Waals surface area contributed by atoms with Crippen molar-refractivity contribution in [3.05, 3.63) is 11.2 Å². The van der Waals surface area contributed by atoms with Crippen molar-refractivity contribution in [1.29, 1.82) is 0 Å². The largest absolute Gasteiger partial charge is 0.368 e. The molecule has 0 aliphatic carbocycles. The Hall–Kier alpha value is -1.60. The van der Waals surface area contributed by atoms with Gasteiger partial charge in [-0.05, 0) is 12.8 Å². The van der Waals surface area contributed by atoms with E-state index in [1.54, 1.807) is 4.90 Å². The Labute approximate surface area is 103 Å². The molecule has 0 radical (unpaired) electrons. The summed E-state index contributed by atoms with van der Waals surface area (Å²) in [6.45, 7) is 0.689. The number of carbonyl (C=O) groups is 1. The van der Waals surface area contributed by atoms with Gasteiger partial charge in [0.05, 0.1) is 6.20 Å². The quantitative estimate of drug-likeness (QED) is 0.513. The lowest BCUT2D eigenvalue weighted by atomic mass is 10.2. The van der Waals surface area contributed by atoms with Gasteiger partial charge in [-0.3, -0.25) is 10.2 Å². The van der Waals surface area contributed by atoms with Crippen LogP contribution in [0.2, 0.25) is 5.02 Å². The monoisotopic (exact) mass is 256 g/mol. The minimum absolute atomic E-state index is 0.250. The molecule has 7 nitrogen and oxygen atoms in total. The maximum absolute atomic E-state index is 11.3. The summed E-state index contributed by atoms with van der Waals surface area (Å²) in [6, 6.07) is -0.368. The van der Waals surface area contributed by atoms with Crippen LogP contribution in [0.5, 0.6) is 0 Å². The van der Waals surface area contributed by atoms with E-state index < -0.39 is 0 Å². The van der Waals surface area contributed by atoms with E-state index in [4.69, 9.17) is 23.2 Å². The molecule has 1 aromatic heterocycles. The fourth-order valence-corrected chi connectivity index (χ4v) is 2.14. The Bertz CT molecular complexity index is 439. The van der Waals surface area contributed by atoms with Gasteiger partial charge in [0.2, 0.25) is 11.9 Å². The van der Waals surface area contributed by atoms with Crippen LogP contribution in [0.3, 0.4) is 0 Å². The van der Waals surface area contributed by atoms with Crippen LogP contribution in [0, 0.1) is 0 Å². The molecule has 1 saturated heterocycles. The highest BCUT2D eigenvalue weighted by molar-refractivity contribution is 6.32. The van der Waals surface area contributed by atoms with Gasteiger partial charge in [-0.15, -0.1) is 0 Å². The Morgan fingerprint density at radius 3 is 3.06 bits per heavy atom. The first-order valence-corrected chi connectivity index (χ1v) is 5.56. The van der Waals surface area contributed by atoms with E-state index >= 15 is 0 Å². The van der Waals surface area contributed by atoms with E-state index in [2.05, 4.69) is 15.4 Å². The zero-order valence-electron chi connectivity index (χ0n) is 9.06. The predicted octanol–water partition coefficient (Wildman–Crippen LogP) is -0.130. The van der Waals surface area contributed by atoms with Gasteiger partial charge in [-0.25, -0.2) is 10.8 Å². The highest BCUT2D eigenvalue weighted by Crippen LogP contribution is 2.30. The summed E-state index contributed by atoms with van der Waals surface area (Å²) in [4.78, 5) is 21.1. The molecular formula is C9H13ClN6O. The van der Waals surface area contributed by atoms with E-state index in [0.29, 0.717) is 23.8 Å². The van der Waals surface area contributed by atoms with Gasteiger partial charge in [0.25, 0.3) is 0 Å². The van der Waals surface area contributed by atoms with Crippen molar-refractivity contribution < 1.29 is 4.79 Å². The third kappa shape index (κ3) is 2.25. The van der Waals surface area contributed by atoms with Gasteiger partial charge in [0, 0.05) is 6.54 Å². The molecule has 1 amide bonds. The van der Waals surface area contributed by atoms with E-state index in [0.717, 1.165) is 6.42 Å². The second-order valence-electron chi connectivity index (χ2n) is 3.76. The summed E-state index contributed by atoms with van der Waals surface area (Å²) >= 11 is 6.02. The number of carbonyl (C=O) groups excluding carboxylic acids is 1. The molecule has 0 saturated carbocycles. The molecule has 0 spiro atoms. The molecule has 1 fully saturated rings. The molecule has 1 atom stereocenters. The number of hydrogen-bond acceptors (Lipinski definition) is 6. The summed E-state index contributed by atoms with van der Waals surface area (Å²) in [5, 5.41) is 0.372. The molecule has 92 valence electrons. The molecule has 0 aromatic carbocycles. The average Bonchev–Trinajstić information content (AvgIpc) is 2.78. The fraction of sp³-hybridized carbons (Fsp3) is 0.444. The summed E-state index contributed by atoms with van der Waals surface area (Å²) in [5.41, 5.74) is 7.68. The van der Waals surface area contributed by atoms with E-state index in [1.165, 1.54) is 6.20 Å². The van der Waals surface area contributed by atoms with Crippen LogP contribution in [0.4, 0.5) is 11.8 Å². The predicted molar refractivity (Wildman–Crippen MR) is 64.4 cm³/mol. The molecule has 17 heavy (non-hydrogen) atoms. The Morgan fingerprint density at radius 1 is 1.65 bits per heavy atom. The smallest absolute Gasteiger partial charge is 0.240 e. The van der Waals surface area contributed by atoms with Gasteiger partial charge in [-0.1, -0.05) is 11.6 Å². The minimum Gasteiger partial charge on any atom is -0.368 e. The van der Waals surface area contributed by atoms with Gasteiger partial charge < -0.3 is 10.6 Å². The van der Waals surface area contributed by atoms with Crippen molar-refractivity contribution >= 4 is 29.3 Å². The number of aromatic nitrogens is 2. The van der Waals surface area contributed by atoms with E-state index in [1.807, 2.05) is 0 Å². The van der Waals surface area contributed by atoms with Crippen LogP contribution in [0.1, 0.15) is 12.8 Å². The topological polar surface area (TPSA) is 110 Å². The first-order chi connectivity index (χ1) is 8.13. The van der Waals surface area contributed by atoms with Crippen LogP contribution in [-0.2, 0) is 4.79 Å². The second kappa shape index (κ2) is 4.72. The van der Waals surface area contributed by atoms with Crippen LogP contribution >= 0.6 is 11.6 Å². The number of hydrogen-bond donors (Lipinski definition) is 3. The van der Waals surface area contributed by atoms with Crippen molar-refractivity contribution in [3.63, 3.8) is 0 Å². The number of hydrazine groups is 1. The van der Waals surface area contributed by atoms with Crippen molar-refractivity contribution in [2.45, 2.75) is 18.9 Å². The molecule has 8 heteroatoms. The number of nitrogens with one attached hydrogen (secondary N) is 1. The van der Waals surface area contributed by atoms with Gasteiger partial charge in [0.15, 0.2) is 5.82 Å². The van der Waals surface area contributed by atoms with Crippen molar-refractivity contribution in [1.82, 2.24) is 9.97 Å². The molecule has 1 aliphatic heterocycles. The van der Waals surface area contributed by atoms with Crippen molar-refractivity contribution in [2.75, 3.05) is 16.9 Å². The number of rotatable bonds is 3. The van der Waals surface area contributed by atoms with Crippen LogP contribution in [0.25, 0.3) is 0 Å². The first kappa shape index (κ1) is 11.9. The molecule has 0 bridgehead atoms. The summed E-state index contributed by atoms with van der Waals surface area (Å²) in [6.07, 6.45) is 3.02. The normalized spacial score (nSPS) is 19.4. The SMILES string of the molecule is NNc1ncc(Cl)c(N2CCCC2C(N)=O)n1. The second-order valence-corrected chi connectivity index (χ2v) is 4.17. The van der Waals surface area contributed by atoms with Gasteiger partial charge in [-0.2, -0.15) is 4.98 Å². The number of amides is 1. The first-order valence-electron chi connectivity index (χ1n) is 5.18. The molecular weight excluding hydrogens is 244 g/mol. The van der Waals surface area contributed by atoms with Crippen molar-refractivity contribution in [3.8, 4) is 0 Å². The number of halogens is 1.